The Labute approximate surface area is 181 Å². The van der Waals surface area contributed by atoms with Crippen LogP contribution in [0.4, 0.5) is 4.39 Å². The minimum atomic E-state index is -0.288. The van der Waals surface area contributed by atoms with Crippen molar-refractivity contribution in [2.75, 3.05) is 0 Å². The highest BCUT2D eigenvalue weighted by molar-refractivity contribution is 5.35. The van der Waals surface area contributed by atoms with Gasteiger partial charge in [0.2, 0.25) is 5.88 Å². The molecule has 2 aromatic carbocycles. The molecular weight excluding hydrogens is 393 g/mol. The van der Waals surface area contributed by atoms with Gasteiger partial charge >= 0.3 is 0 Å². The maximum atomic E-state index is 14.4. The molecule has 6 heteroatoms. The van der Waals surface area contributed by atoms with Crippen molar-refractivity contribution in [2.45, 2.75) is 32.7 Å². The first-order valence-corrected chi connectivity index (χ1v) is 10.1. The van der Waals surface area contributed by atoms with Crippen LogP contribution in [0.5, 0.6) is 23.1 Å². The van der Waals surface area contributed by atoms with Crippen LogP contribution in [0.3, 0.4) is 0 Å². The summed E-state index contributed by atoms with van der Waals surface area (Å²) in [5.41, 5.74) is 1.17. The molecule has 0 spiro atoms. The predicted octanol–water partition coefficient (Wildman–Crippen LogP) is 6.35. The SMILES string of the molecule is CC(C)(C)c1ccc(Oc2ccn(Cc3cc(Oc4ccccc4)ccn3)n2)cc1F. The number of aromatic nitrogens is 3. The number of pyridine rings is 1. The van der Waals surface area contributed by atoms with Gasteiger partial charge in [0, 0.05) is 30.6 Å². The van der Waals surface area contributed by atoms with Crippen LogP contribution < -0.4 is 9.47 Å². The zero-order chi connectivity index (χ0) is 21.8. The van der Waals surface area contributed by atoms with Crippen molar-refractivity contribution in [1.82, 2.24) is 14.8 Å². The van der Waals surface area contributed by atoms with Gasteiger partial charge in [-0.1, -0.05) is 45.0 Å². The quantitative estimate of drug-likeness (QED) is 0.367. The average molecular weight is 417 g/mol. The van der Waals surface area contributed by atoms with Gasteiger partial charge < -0.3 is 9.47 Å². The molecule has 5 nitrogen and oxygen atoms in total. The van der Waals surface area contributed by atoms with Crippen LogP contribution in [0, 0.1) is 5.82 Å². The van der Waals surface area contributed by atoms with Gasteiger partial charge in [-0.05, 0) is 35.2 Å². The van der Waals surface area contributed by atoms with E-state index in [-0.39, 0.29) is 11.2 Å². The van der Waals surface area contributed by atoms with E-state index in [2.05, 4.69) is 10.1 Å². The van der Waals surface area contributed by atoms with E-state index < -0.39 is 0 Å². The highest BCUT2D eigenvalue weighted by Gasteiger charge is 2.19. The number of para-hydroxylation sites is 1. The van der Waals surface area contributed by atoms with Crippen LogP contribution in [-0.2, 0) is 12.0 Å². The van der Waals surface area contributed by atoms with Crippen molar-refractivity contribution in [3.8, 4) is 23.1 Å². The van der Waals surface area contributed by atoms with E-state index in [1.54, 1.807) is 35.3 Å². The molecule has 0 saturated heterocycles. The number of benzene rings is 2. The molecule has 0 fully saturated rings. The summed E-state index contributed by atoms with van der Waals surface area (Å²) in [5.74, 6) is 1.98. The maximum absolute atomic E-state index is 14.4. The minimum Gasteiger partial charge on any atom is -0.457 e. The maximum Gasteiger partial charge on any atom is 0.238 e. The smallest absolute Gasteiger partial charge is 0.238 e. The van der Waals surface area contributed by atoms with Gasteiger partial charge in [0.15, 0.2) is 0 Å². The Morgan fingerprint density at radius 3 is 2.39 bits per heavy atom. The summed E-state index contributed by atoms with van der Waals surface area (Å²) in [6.07, 6.45) is 3.50. The van der Waals surface area contributed by atoms with Gasteiger partial charge in [0.1, 0.15) is 23.1 Å². The Hall–Kier alpha value is -3.67. The Bertz CT molecular complexity index is 1170. The lowest BCUT2D eigenvalue weighted by Crippen LogP contribution is -2.13. The highest BCUT2D eigenvalue weighted by Crippen LogP contribution is 2.29. The minimum absolute atomic E-state index is 0.268. The number of ether oxygens (including phenoxy) is 2. The number of rotatable bonds is 6. The van der Waals surface area contributed by atoms with E-state index in [0.29, 0.717) is 29.5 Å². The predicted molar refractivity (Wildman–Crippen MR) is 117 cm³/mol. The van der Waals surface area contributed by atoms with Gasteiger partial charge in [-0.15, -0.1) is 5.10 Å². The monoisotopic (exact) mass is 417 g/mol. The van der Waals surface area contributed by atoms with Crippen LogP contribution in [0.15, 0.2) is 79.1 Å². The molecule has 0 bridgehead atoms. The van der Waals surface area contributed by atoms with Gasteiger partial charge in [0.05, 0.1) is 12.2 Å². The lowest BCUT2D eigenvalue weighted by Gasteiger charge is -2.20. The lowest BCUT2D eigenvalue weighted by atomic mass is 9.87. The number of hydrogen-bond acceptors (Lipinski definition) is 4. The van der Waals surface area contributed by atoms with E-state index in [0.717, 1.165) is 11.4 Å². The summed E-state index contributed by atoms with van der Waals surface area (Å²) in [6.45, 7) is 6.37. The van der Waals surface area contributed by atoms with Crippen LogP contribution in [-0.4, -0.2) is 14.8 Å². The van der Waals surface area contributed by atoms with Gasteiger partial charge in [-0.2, -0.15) is 0 Å². The van der Waals surface area contributed by atoms with Gasteiger partial charge in [-0.3, -0.25) is 9.67 Å². The largest absolute Gasteiger partial charge is 0.457 e. The second kappa shape index (κ2) is 8.60. The van der Waals surface area contributed by atoms with Crippen molar-refractivity contribution in [3.05, 3.63) is 96.2 Å². The standard InChI is InChI=1S/C25H24FN3O2/c1-25(2,3)22-10-9-20(16-23(22)26)31-24-12-14-29(28-24)17-18-15-21(11-13-27-18)30-19-7-5-4-6-8-19/h4-16H,17H2,1-3H3. The Kier molecular flexibility index (Phi) is 5.71. The molecule has 0 aliphatic heterocycles. The second-order valence-electron chi connectivity index (χ2n) is 8.24. The zero-order valence-electron chi connectivity index (χ0n) is 17.7. The molecule has 0 aliphatic carbocycles. The molecule has 4 rings (SSSR count). The first kappa shape index (κ1) is 20.6. The van der Waals surface area contributed by atoms with Gasteiger partial charge in [0.25, 0.3) is 0 Å². The normalized spacial score (nSPS) is 11.4. The fraction of sp³-hybridized carbons (Fsp3) is 0.200. The second-order valence-corrected chi connectivity index (χ2v) is 8.24. The molecule has 0 radical (unpaired) electrons. The first-order chi connectivity index (χ1) is 14.9. The molecule has 0 unspecified atom stereocenters. The molecule has 31 heavy (non-hydrogen) atoms. The van der Waals surface area contributed by atoms with Crippen LogP contribution in [0.2, 0.25) is 0 Å². The number of nitrogens with zero attached hydrogens (tertiary/aromatic N) is 3. The molecule has 0 aliphatic rings. The third-order valence-corrected chi connectivity index (χ3v) is 4.68. The third kappa shape index (κ3) is 5.28. The van der Waals surface area contributed by atoms with E-state index >= 15 is 0 Å². The summed E-state index contributed by atoms with van der Waals surface area (Å²) in [4.78, 5) is 4.38. The molecule has 0 atom stereocenters. The average Bonchev–Trinajstić information content (AvgIpc) is 3.15. The molecule has 4 aromatic rings. The molecule has 0 amide bonds. The molecule has 2 aromatic heterocycles. The fourth-order valence-electron chi connectivity index (χ4n) is 3.17. The molecule has 0 N–H and O–H groups in total. The Morgan fingerprint density at radius 2 is 1.65 bits per heavy atom. The number of hydrogen-bond donors (Lipinski definition) is 0. The Morgan fingerprint density at radius 1 is 0.871 bits per heavy atom. The molecule has 0 saturated carbocycles. The van der Waals surface area contributed by atoms with E-state index in [4.69, 9.17) is 9.47 Å². The van der Waals surface area contributed by atoms with Crippen molar-refractivity contribution >= 4 is 0 Å². The lowest BCUT2D eigenvalue weighted by molar-refractivity contribution is 0.442. The summed E-state index contributed by atoms with van der Waals surface area (Å²) in [6, 6.07) is 19.9. The number of halogens is 1. The highest BCUT2D eigenvalue weighted by atomic mass is 19.1. The molecule has 158 valence electrons. The van der Waals surface area contributed by atoms with Gasteiger partial charge in [-0.25, -0.2) is 4.39 Å². The zero-order valence-corrected chi connectivity index (χ0v) is 17.7. The van der Waals surface area contributed by atoms with E-state index in [1.165, 1.54) is 6.07 Å². The topological polar surface area (TPSA) is 49.2 Å². The van der Waals surface area contributed by atoms with Crippen LogP contribution in [0.1, 0.15) is 32.0 Å². The third-order valence-electron chi connectivity index (χ3n) is 4.68. The summed E-state index contributed by atoms with van der Waals surface area (Å²) < 4.78 is 27.7. The fourth-order valence-corrected chi connectivity index (χ4v) is 3.17. The van der Waals surface area contributed by atoms with Crippen molar-refractivity contribution in [3.63, 3.8) is 0 Å². The van der Waals surface area contributed by atoms with E-state index in [1.807, 2.05) is 63.2 Å². The summed E-state index contributed by atoms with van der Waals surface area (Å²) in [7, 11) is 0. The van der Waals surface area contributed by atoms with Crippen LogP contribution >= 0.6 is 0 Å². The summed E-state index contributed by atoms with van der Waals surface area (Å²) >= 11 is 0. The first-order valence-electron chi connectivity index (χ1n) is 10.1. The van der Waals surface area contributed by atoms with Crippen molar-refractivity contribution in [1.29, 1.82) is 0 Å². The Balaban J connectivity index is 1.43. The van der Waals surface area contributed by atoms with E-state index in [9.17, 15) is 4.39 Å². The molecule has 2 heterocycles. The van der Waals surface area contributed by atoms with Crippen molar-refractivity contribution in [2.24, 2.45) is 0 Å². The molecular formula is C25H24FN3O2. The van der Waals surface area contributed by atoms with Crippen molar-refractivity contribution < 1.29 is 13.9 Å². The van der Waals surface area contributed by atoms with Crippen LogP contribution in [0.25, 0.3) is 0 Å². The summed E-state index contributed by atoms with van der Waals surface area (Å²) in [5, 5.41) is 4.41.